The van der Waals surface area contributed by atoms with Gasteiger partial charge in [-0.1, -0.05) is 31.7 Å². The van der Waals surface area contributed by atoms with Crippen molar-refractivity contribution in [2.75, 3.05) is 18.4 Å². The molecule has 2 saturated carbocycles. The van der Waals surface area contributed by atoms with Crippen molar-refractivity contribution in [2.24, 2.45) is 17.8 Å². The van der Waals surface area contributed by atoms with E-state index in [0.717, 1.165) is 44.1 Å². The van der Waals surface area contributed by atoms with E-state index in [2.05, 4.69) is 5.32 Å². The molecule has 3 aliphatic rings. The zero-order valence-corrected chi connectivity index (χ0v) is 16.9. The van der Waals surface area contributed by atoms with Crippen LogP contribution in [0.15, 0.2) is 23.1 Å². The third kappa shape index (κ3) is 3.79. The lowest BCUT2D eigenvalue weighted by Gasteiger charge is -2.21. The van der Waals surface area contributed by atoms with E-state index in [1.165, 1.54) is 12.8 Å². The summed E-state index contributed by atoms with van der Waals surface area (Å²) in [6, 6.07) is 5.28. The molecule has 6 heteroatoms. The van der Waals surface area contributed by atoms with Crippen molar-refractivity contribution in [1.82, 2.24) is 4.31 Å². The van der Waals surface area contributed by atoms with Gasteiger partial charge in [0.15, 0.2) is 0 Å². The van der Waals surface area contributed by atoms with E-state index in [1.54, 1.807) is 16.4 Å². The van der Waals surface area contributed by atoms with Crippen LogP contribution >= 0.6 is 0 Å². The highest BCUT2D eigenvalue weighted by Gasteiger charge is 2.54. The zero-order chi connectivity index (χ0) is 19.0. The first-order valence-electron chi connectivity index (χ1n) is 10.4. The number of amides is 1. The molecule has 1 aromatic carbocycles. The third-order valence-electron chi connectivity index (χ3n) is 6.60. The molecule has 0 radical (unpaired) electrons. The van der Waals surface area contributed by atoms with Crippen molar-refractivity contribution < 1.29 is 13.2 Å². The second-order valence-electron chi connectivity index (χ2n) is 8.43. The van der Waals surface area contributed by atoms with Crippen molar-refractivity contribution in [2.45, 2.75) is 63.2 Å². The second-order valence-corrected chi connectivity index (χ2v) is 10.3. The molecular weight excluding hydrogens is 360 g/mol. The normalized spacial score (nSPS) is 28.9. The van der Waals surface area contributed by atoms with Crippen LogP contribution in [-0.2, 0) is 14.8 Å². The van der Waals surface area contributed by atoms with Crippen molar-refractivity contribution in [3.63, 3.8) is 0 Å². The number of carbonyl (C=O) groups excluding carboxylic acids is 1. The van der Waals surface area contributed by atoms with Crippen LogP contribution in [0.2, 0.25) is 0 Å². The minimum atomic E-state index is -3.52. The van der Waals surface area contributed by atoms with Crippen LogP contribution in [0.1, 0.15) is 56.9 Å². The Morgan fingerprint density at radius 1 is 1.00 bits per heavy atom. The number of carbonyl (C=O) groups is 1. The fourth-order valence-corrected chi connectivity index (χ4v) is 6.75. The fraction of sp³-hybridized carbons (Fsp3) is 0.667. The molecule has 0 aromatic heterocycles. The highest BCUT2D eigenvalue weighted by Crippen LogP contribution is 2.55. The molecule has 3 atom stereocenters. The van der Waals surface area contributed by atoms with E-state index in [9.17, 15) is 13.2 Å². The van der Waals surface area contributed by atoms with E-state index < -0.39 is 10.0 Å². The summed E-state index contributed by atoms with van der Waals surface area (Å²) in [5.41, 5.74) is 1.33. The molecule has 1 aliphatic heterocycles. The molecule has 0 bridgehead atoms. The number of hydrogen-bond acceptors (Lipinski definition) is 3. The predicted octanol–water partition coefficient (Wildman–Crippen LogP) is 3.93. The monoisotopic (exact) mass is 390 g/mol. The van der Waals surface area contributed by atoms with Crippen LogP contribution in [0.3, 0.4) is 0 Å². The van der Waals surface area contributed by atoms with E-state index in [4.69, 9.17) is 0 Å². The highest BCUT2D eigenvalue weighted by atomic mass is 32.2. The Bertz CT molecular complexity index is 801. The van der Waals surface area contributed by atoms with Gasteiger partial charge >= 0.3 is 0 Å². The van der Waals surface area contributed by atoms with Gasteiger partial charge in [0.2, 0.25) is 15.9 Å². The molecule has 1 N–H and O–H groups in total. The van der Waals surface area contributed by atoms with Crippen LogP contribution in [0.5, 0.6) is 0 Å². The number of hydrogen-bond donors (Lipinski definition) is 1. The summed E-state index contributed by atoms with van der Waals surface area (Å²) in [4.78, 5) is 13.0. The molecule has 1 amide bonds. The predicted molar refractivity (Wildman–Crippen MR) is 106 cm³/mol. The smallest absolute Gasteiger partial charge is 0.243 e. The molecule has 5 nitrogen and oxygen atoms in total. The summed E-state index contributed by atoms with van der Waals surface area (Å²) >= 11 is 0. The van der Waals surface area contributed by atoms with E-state index >= 15 is 0 Å². The topological polar surface area (TPSA) is 66.5 Å². The summed E-state index contributed by atoms with van der Waals surface area (Å²) in [7, 11) is -3.52. The maximum Gasteiger partial charge on any atom is 0.243 e. The van der Waals surface area contributed by atoms with Crippen molar-refractivity contribution in [1.29, 1.82) is 0 Å². The fourth-order valence-electron chi connectivity index (χ4n) is 4.98. The van der Waals surface area contributed by atoms with Gasteiger partial charge in [0.1, 0.15) is 0 Å². The lowest BCUT2D eigenvalue weighted by molar-refractivity contribution is -0.117. The second kappa shape index (κ2) is 7.55. The molecule has 27 heavy (non-hydrogen) atoms. The molecule has 1 heterocycles. The van der Waals surface area contributed by atoms with Gasteiger partial charge in [-0.15, -0.1) is 0 Å². The summed E-state index contributed by atoms with van der Waals surface area (Å²) < 4.78 is 27.9. The number of nitrogens with one attached hydrogen (secondary N) is 1. The molecular formula is C21H30N2O3S. The summed E-state index contributed by atoms with van der Waals surface area (Å²) in [6.07, 6.45) is 8.78. The number of rotatable bonds is 4. The number of aryl methyl sites for hydroxylation is 1. The van der Waals surface area contributed by atoms with Gasteiger partial charge in [0.05, 0.1) is 4.90 Å². The van der Waals surface area contributed by atoms with Gasteiger partial charge in [-0.05, 0) is 62.1 Å². The zero-order valence-electron chi connectivity index (χ0n) is 16.1. The van der Waals surface area contributed by atoms with E-state index in [-0.39, 0.29) is 11.8 Å². The number of benzene rings is 1. The molecule has 0 spiro atoms. The number of sulfonamides is 1. The Morgan fingerprint density at radius 3 is 2.26 bits per heavy atom. The maximum atomic E-state index is 13.2. The molecule has 2 aliphatic carbocycles. The minimum absolute atomic E-state index is 0.0638. The summed E-state index contributed by atoms with van der Waals surface area (Å²) in [5, 5.41) is 2.99. The Hall–Kier alpha value is -1.40. The standard InChI is InChI=1S/C21H30N2O3S/c1-15-10-11-16(22-21(24)20-17-8-4-5-9-18(17)20)14-19(15)27(25,26)23-12-6-2-3-7-13-23/h10-11,14,17-18,20H,2-9,12-13H2,1H3,(H,22,24)/t17-,18+,20?. The average Bonchev–Trinajstić information content (AvgIpc) is 3.42. The average molecular weight is 391 g/mol. The van der Waals surface area contributed by atoms with Crippen molar-refractivity contribution >= 4 is 21.6 Å². The quantitative estimate of drug-likeness (QED) is 0.847. The van der Waals surface area contributed by atoms with Gasteiger partial charge in [-0.2, -0.15) is 4.31 Å². The number of anilines is 1. The Kier molecular flexibility index (Phi) is 5.30. The van der Waals surface area contributed by atoms with Crippen LogP contribution in [0, 0.1) is 24.7 Å². The first kappa shape index (κ1) is 18.9. The van der Waals surface area contributed by atoms with Gasteiger partial charge in [0, 0.05) is 24.7 Å². The van der Waals surface area contributed by atoms with Crippen LogP contribution in [0.4, 0.5) is 5.69 Å². The van der Waals surface area contributed by atoms with Crippen molar-refractivity contribution in [3.8, 4) is 0 Å². The van der Waals surface area contributed by atoms with Crippen molar-refractivity contribution in [3.05, 3.63) is 23.8 Å². The SMILES string of the molecule is Cc1ccc(NC(=O)C2[C@H]3CCCC[C@@H]23)cc1S(=O)(=O)N1CCCCCC1. The van der Waals surface area contributed by atoms with E-state index in [1.807, 2.05) is 13.0 Å². The van der Waals surface area contributed by atoms with Gasteiger partial charge in [-0.25, -0.2) is 8.42 Å². The van der Waals surface area contributed by atoms with Gasteiger partial charge < -0.3 is 5.32 Å². The largest absolute Gasteiger partial charge is 0.326 e. The summed E-state index contributed by atoms with van der Waals surface area (Å²) in [6.45, 7) is 3.00. The van der Waals surface area contributed by atoms with Crippen LogP contribution in [0.25, 0.3) is 0 Å². The van der Waals surface area contributed by atoms with Gasteiger partial charge in [-0.3, -0.25) is 4.79 Å². The molecule has 3 fully saturated rings. The number of fused-ring (bicyclic) bond motifs is 1. The lowest BCUT2D eigenvalue weighted by Crippen LogP contribution is -2.32. The third-order valence-corrected chi connectivity index (χ3v) is 8.64. The maximum absolute atomic E-state index is 13.2. The lowest BCUT2D eigenvalue weighted by atomic mass is 10.0. The van der Waals surface area contributed by atoms with Gasteiger partial charge in [0.25, 0.3) is 0 Å². The Morgan fingerprint density at radius 2 is 1.63 bits per heavy atom. The molecule has 1 unspecified atom stereocenters. The highest BCUT2D eigenvalue weighted by molar-refractivity contribution is 7.89. The number of nitrogens with zero attached hydrogens (tertiary/aromatic N) is 1. The summed E-state index contributed by atoms with van der Waals surface area (Å²) in [5.74, 6) is 1.28. The Labute approximate surface area is 162 Å². The first-order chi connectivity index (χ1) is 13.0. The van der Waals surface area contributed by atoms with E-state index in [0.29, 0.717) is 35.5 Å². The van der Waals surface area contributed by atoms with Crippen LogP contribution < -0.4 is 5.32 Å². The Balaban J connectivity index is 1.52. The van der Waals surface area contributed by atoms with Crippen LogP contribution in [-0.4, -0.2) is 31.7 Å². The molecule has 4 rings (SSSR count). The molecule has 1 saturated heterocycles. The molecule has 148 valence electrons. The molecule has 1 aromatic rings. The minimum Gasteiger partial charge on any atom is -0.326 e. The first-order valence-corrected chi connectivity index (χ1v) is 11.8.